The Labute approximate surface area is 104 Å². The van der Waals surface area contributed by atoms with Crippen molar-refractivity contribution < 1.29 is 9.15 Å². The lowest BCUT2D eigenvalue weighted by Crippen LogP contribution is -1.88. The van der Waals surface area contributed by atoms with Crippen molar-refractivity contribution in [3.05, 3.63) is 29.0 Å². The molecule has 3 heterocycles. The summed E-state index contributed by atoms with van der Waals surface area (Å²) in [5.41, 5.74) is 1.53. The maximum atomic E-state index is 5.30. The highest BCUT2D eigenvalue weighted by molar-refractivity contribution is 9.10. The summed E-state index contributed by atoms with van der Waals surface area (Å²) in [6, 6.07) is 3.81. The summed E-state index contributed by atoms with van der Waals surface area (Å²) in [5.74, 6) is 0.368. The number of hydrogen-bond donors (Lipinski definition) is 0. The van der Waals surface area contributed by atoms with Gasteiger partial charge < -0.3 is 9.15 Å². The van der Waals surface area contributed by atoms with Crippen molar-refractivity contribution in [1.29, 1.82) is 0 Å². The van der Waals surface area contributed by atoms with Gasteiger partial charge in [-0.05, 0) is 28.1 Å². The van der Waals surface area contributed by atoms with Crippen LogP contribution in [0.1, 0.15) is 0 Å². The molecule has 0 atom stereocenters. The Morgan fingerprint density at radius 2 is 2.24 bits per heavy atom. The van der Waals surface area contributed by atoms with Crippen LogP contribution in [-0.4, -0.2) is 26.7 Å². The number of nitrogens with zero attached hydrogens (tertiary/aromatic N) is 4. The molecule has 0 saturated carbocycles. The Morgan fingerprint density at radius 3 is 3.00 bits per heavy atom. The minimum Gasteiger partial charge on any atom is -0.452 e. The van der Waals surface area contributed by atoms with Crippen LogP contribution in [-0.2, 0) is 0 Å². The Hall–Kier alpha value is -1.89. The molecular weight excluding hydrogens is 288 g/mol. The van der Waals surface area contributed by atoms with Crippen LogP contribution in [0.5, 0.6) is 6.08 Å². The second-order valence-electron chi connectivity index (χ2n) is 3.30. The molecule has 0 N–H and O–H groups in total. The van der Waals surface area contributed by atoms with Gasteiger partial charge in [0.15, 0.2) is 0 Å². The lowest BCUT2D eigenvalue weighted by Gasteiger charge is -1.97. The third kappa shape index (κ3) is 1.68. The van der Waals surface area contributed by atoms with E-state index < -0.39 is 0 Å². The van der Waals surface area contributed by atoms with E-state index in [-0.39, 0.29) is 6.08 Å². The zero-order valence-corrected chi connectivity index (χ0v) is 10.4. The molecule has 3 aromatic heterocycles. The van der Waals surface area contributed by atoms with Crippen molar-refractivity contribution in [1.82, 2.24) is 19.6 Å². The van der Waals surface area contributed by atoms with Crippen LogP contribution in [0.25, 0.3) is 17.2 Å². The Bertz CT molecular complexity index is 676. The van der Waals surface area contributed by atoms with Crippen molar-refractivity contribution in [2.75, 3.05) is 7.11 Å². The molecule has 0 saturated heterocycles. The van der Waals surface area contributed by atoms with Gasteiger partial charge in [-0.1, -0.05) is 5.10 Å². The molecule has 0 aromatic carbocycles. The number of aromatic nitrogens is 4. The summed E-state index contributed by atoms with van der Waals surface area (Å²) in [7, 11) is 1.47. The number of hydrogen-bond acceptors (Lipinski definition) is 5. The fourth-order valence-electron chi connectivity index (χ4n) is 1.51. The number of pyridine rings is 1. The standard InChI is InChI=1S/C10H7BrN4O2/c1-16-10-14-13-9(17-10)7-4-12-8-3-2-6(11)5-15(7)8/h2-5H,1H3. The van der Waals surface area contributed by atoms with E-state index in [1.54, 1.807) is 6.20 Å². The van der Waals surface area contributed by atoms with Crippen LogP contribution in [0.15, 0.2) is 33.4 Å². The number of halogens is 1. The zero-order valence-electron chi connectivity index (χ0n) is 8.79. The number of fused-ring (bicyclic) bond motifs is 1. The van der Waals surface area contributed by atoms with Gasteiger partial charge in [-0.3, -0.25) is 4.40 Å². The van der Waals surface area contributed by atoms with Crippen LogP contribution in [0.2, 0.25) is 0 Å². The molecule has 0 bridgehead atoms. The van der Waals surface area contributed by atoms with E-state index in [4.69, 9.17) is 9.15 Å². The van der Waals surface area contributed by atoms with Crippen molar-refractivity contribution in [2.24, 2.45) is 0 Å². The number of imidazole rings is 1. The molecular formula is C10H7BrN4O2. The minimum atomic E-state index is 0.130. The van der Waals surface area contributed by atoms with E-state index in [2.05, 4.69) is 31.1 Å². The van der Waals surface area contributed by atoms with Crippen molar-refractivity contribution in [3.63, 3.8) is 0 Å². The lowest BCUT2D eigenvalue weighted by atomic mass is 10.4. The molecule has 0 fully saturated rings. The van der Waals surface area contributed by atoms with Crippen LogP contribution < -0.4 is 4.74 Å². The number of methoxy groups -OCH3 is 1. The van der Waals surface area contributed by atoms with E-state index in [1.165, 1.54) is 7.11 Å². The highest BCUT2D eigenvalue weighted by Gasteiger charge is 2.13. The number of ether oxygens (including phenoxy) is 1. The Morgan fingerprint density at radius 1 is 1.35 bits per heavy atom. The van der Waals surface area contributed by atoms with Crippen LogP contribution in [0.4, 0.5) is 0 Å². The fraction of sp³-hybridized carbons (Fsp3) is 0.100. The highest BCUT2D eigenvalue weighted by atomic mass is 79.9. The third-order valence-corrected chi connectivity index (χ3v) is 2.74. The van der Waals surface area contributed by atoms with Crippen LogP contribution in [0, 0.1) is 0 Å². The quantitative estimate of drug-likeness (QED) is 0.724. The second kappa shape index (κ2) is 3.85. The van der Waals surface area contributed by atoms with Crippen LogP contribution in [0.3, 0.4) is 0 Å². The summed E-state index contributed by atoms with van der Waals surface area (Å²) in [6.07, 6.45) is 3.69. The summed E-state index contributed by atoms with van der Waals surface area (Å²) in [4.78, 5) is 4.24. The third-order valence-electron chi connectivity index (χ3n) is 2.27. The maximum absolute atomic E-state index is 5.30. The SMILES string of the molecule is COc1nnc(-c2cnc3ccc(Br)cn23)o1. The summed E-state index contributed by atoms with van der Waals surface area (Å²) in [6.45, 7) is 0. The Kier molecular flexibility index (Phi) is 2.32. The van der Waals surface area contributed by atoms with E-state index in [0.717, 1.165) is 15.8 Å². The maximum Gasteiger partial charge on any atom is 0.414 e. The van der Waals surface area contributed by atoms with Gasteiger partial charge in [-0.25, -0.2) is 4.98 Å². The van der Waals surface area contributed by atoms with Gasteiger partial charge in [0, 0.05) is 10.7 Å². The summed E-state index contributed by atoms with van der Waals surface area (Å²) >= 11 is 3.40. The molecule has 0 amide bonds. The topological polar surface area (TPSA) is 65.5 Å². The first-order chi connectivity index (χ1) is 8.28. The molecule has 0 aliphatic heterocycles. The second-order valence-corrected chi connectivity index (χ2v) is 4.21. The van der Waals surface area contributed by atoms with Crippen molar-refractivity contribution in [3.8, 4) is 17.7 Å². The largest absolute Gasteiger partial charge is 0.452 e. The molecule has 3 aromatic rings. The van der Waals surface area contributed by atoms with E-state index in [9.17, 15) is 0 Å². The van der Waals surface area contributed by atoms with Gasteiger partial charge in [0.2, 0.25) is 0 Å². The molecule has 0 aliphatic carbocycles. The number of rotatable bonds is 2. The predicted octanol–water partition coefficient (Wildman–Crippen LogP) is 2.16. The minimum absolute atomic E-state index is 0.130. The first-order valence-electron chi connectivity index (χ1n) is 4.78. The van der Waals surface area contributed by atoms with Gasteiger partial charge in [-0.2, -0.15) is 0 Å². The Balaban J connectivity index is 2.19. The van der Waals surface area contributed by atoms with Gasteiger partial charge in [-0.15, -0.1) is 5.10 Å². The van der Waals surface area contributed by atoms with Gasteiger partial charge in [0.05, 0.1) is 13.3 Å². The highest BCUT2D eigenvalue weighted by Crippen LogP contribution is 2.23. The van der Waals surface area contributed by atoms with Gasteiger partial charge >= 0.3 is 6.08 Å². The molecule has 0 spiro atoms. The molecule has 6 nitrogen and oxygen atoms in total. The van der Waals surface area contributed by atoms with Gasteiger partial charge in [0.1, 0.15) is 11.3 Å². The normalized spacial score (nSPS) is 10.9. The molecule has 86 valence electrons. The van der Waals surface area contributed by atoms with Gasteiger partial charge in [0.25, 0.3) is 5.89 Å². The van der Waals surface area contributed by atoms with E-state index >= 15 is 0 Å². The molecule has 17 heavy (non-hydrogen) atoms. The smallest absolute Gasteiger partial charge is 0.414 e. The molecule has 3 rings (SSSR count). The average Bonchev–Trinajstić information content (AvgIpc) is 2.93. The summed E-state index contributed by atoms with van der Waals surface area (Å²) in [5, 5.41) is 7.62. The van der Waals surface area contributed by atoms with Crippen LogP contribution >= 0.6 is 15.9 Å². The monoisotopic (exact) mass is 294 g/mol. The van der Waals surface area contributed by atoms with E-state index in [0.29, 0.717) is 5.89 Å². The fourth-order valence-corrected chi connectivity index (χ4v) is 1.85. The average molecular weight is 295 g/mol. The zero-order chi connectivity index (χ0) is 11.8. The molecule has 7 heteroatoms. The first kappa shape index (κ1) is 10.3. The van der Waals surface area contributed by atoms with E-state index in [1.807, 2.05) is 22.7 Å². The lowest BCUT2D eigenvalue weighted by molar-refractivity contribution is 0.293. The first-order valence-corrected chi connectivity index (χ1v) is 5.58. The van der Waals surface area contributed by atoms with Crippen molar-refractivity contribution in [2.45, 2.75) is 0 Å². The predicted molar refractivity (Wildman–Crippen MR) is 62.7 cm³/mol. The molecule has 0 aliphatic rings. The van der Waals surface area contributed by atoms with Crippen molar-refractivity contribution >= 4 is 21.6 Å². The molecule has 0 unspecified atom stereocenters. The summed E-state index contributed by atoms with van der Waals surface area (Å²) < 4.78 is 13.0. The molecule has 0 radical (unpaired) electrons.